The van der Waals surface area contributed by atoms with E-state index in [4.69, 9.17) is 4.42 Å². The van der Waals surface area contributed by atoms with Gasteiger partial charge in [0, 0.05) is 6.42 Å². The van der Waals surface area contributed by atoms with E-state index >= 15 is 0 Å². The fraction of sp³-hybridized carbons (Fsp3) is 0.625. The molecule has 114 valence electrons. The number of nitrogens with one attached hydrogen (secondary N) is 2. The number of hydrazine groups is 1. The van der Waals surface area contributed by atoms with Crippen LogP contribution in [-0.4, -0.2) is 11.8 Å². The molecule has 2 amide bonds. The first kappa shape index (κ1) is 14.2. The fourth-order valence-electron chi connectivity index (χ4n) is 3.97. The van der Waals surface area contributed by atoms with E-state index < -0.39 is 0 Å². The molecule has 0 spiro atoms. The zero-order valence-electron chi connectivity index (χ0n) is 12.6. The summed E-state index contributed by atoms with van der Waals surface area (Å²) in [6, 6.07) is 1.67. The molecule has 0 aliphatic heterocycles. The summed E-state index contributed by atoms with van der Waals surface area (Å²) >= 11 is 0. The molecule has 3 rings (SSSR count). The van der Waals surface area contributed by atoms with Gasteiger partial charge in [-0.2, -0.15) is 0 Å². The molecule has 5 nitrogen and oxygen atoms in total. The highest BCUT2D eigenvalue weighted by atomic mass is 16.3. The lowest BCUT2D eigenvalue weighted by Gasteiger charge is -2.20. The predicted octanol–water partition coefficient (Wildman–Crippen LogP) is 2.48. The van der Waals surface area contributed by atoms with Gasteiger partial charge in [0.05, 0.1) is 5.56 Å². The van der Waals surface area contributed by atoms with E-state index in [-0.39, 0.29) is 11.8 Å². The Morgan fingerprint density at radius 1 is 1.24 bits per heavy atom. The minimum Gasteiger partial charge on any atom is -0.466 e. The lowest BCUT2D eigenvalue weighted by Crippen LogP contribution is -2.42. The molecule has 2 N–H and O–H groups in total. The molecule has 0 unspecified atom stereocenters. The van der Waals surface area contributed by atoms with Crippen LogP contribution in [0.2, 0.25) is 0 Å². The first-order chi connectivity index (χ1) is 10.0. The van der Waals surface area contributed by atoms with Crippen LogP contribution in [0.25, 0.3) is 0 Å². The van der Waals surface area contributed by atoms with Crippen molar-refractivity contribution in [3.05, 3.63) is 23.2 Å². The minimum absolute atomic E-state index is 0.0984. The number of fused-ring (bicyclic) bond motifs is 2. The summed E-state index contributed by atoms with van der Waals surface area (Å²) in [6.07, 6.45) is 5.58. The summed E-state index contributed by atoms with van der Waals surface area (Å²) < 4.78 is 5.31. The summed E-state index contributed by atoms with van der Waals surface area (Å²) in [5, 5.41) is 0. The Bertz CT molecular complexity index is 564. The zero-order chi connectivity index (χ0) is 15.0. The van der Waals surface area contributed by atoms with Crippen LogP contribution in [0, 0.1) is 31.6 Å². The Balaban J connectivity index is 1.47. The number of amides is 2. The molecule has 21 heavy (non-hydrogen) atoms. The van der Waals surface area contributed by atoms with Crippen LogP contribution >= 0.6 is 0 Å². The molecule has 1 aromatic heterocycles. The van der Waals surface area contributed by atoms with Gasteiger partial charge in [0.1, 0.15) is 11.5 Å². The van der Waals surface area contributed by atoms with Crippen molar-refractivity contribution >= 4 is 11.8 Å². The maximum Gasteiger partial charge on any atom is 0.273 e. The van der Waals surface area contributed by atoms with Gasteiger partial charge in [-0.1, -0.05) is 6.42 Å². The highest BCUT2D eigenvalue weighted by molar-refractivity contribution is 5.96. The van der Waals surface area contributed by atoms with E-state index in [0.717, 1.165) is 11.8 Å². The van der Waals surface area contributed by atoms with E-state index in [1.807, 2.05) is 0 Å². The Labute approximate surface area is 124 Å². The second-order valence-corrected chi connectivity index (χ2v) is 6.47. The number of furan rings is 1. The molecule has 2 aliphatic carbocycles. The molecule has 2 fully saturated rings. The van der Waals surface area contributed by atoms with Crippen molar-refractivity contribution in [2.75, 3.05) is 0 Å². The first-order valence-corrected chi connectivity index (χ1v) is 7.69. The molecule has 2 aliphatic rings. The van der Waals surface area contributed by atoms with E-state index in [1.54, 1.807) is 19.9 Å². The third-order valence-corrected chi connectivity index (χ3v) is 4.93. The lowest BCUT2D eigenvalue weighted by atomic mass is 9.86. The largest absolute Gasteiger partial charge is 0.466 e. The standard InChI is InChI=1S/C16H22N2O3/c1-9-5-14(10(2)21-9)16(20)18-17-15(19)8-13-7-11-3-4-12(13)6-11/h5,11-13H,3-4,6-8H2,1-2H3,(H,17,19)(H,18,20)/t11-,12+,13+/m0/s1. The van der Waals surface area contributed by atoms with Crippen LogP contribution in [0.4, 0.5) is 0 Å². The van der Waals surface area contributed by atoms with Crippen LogP contribution in [-0.2, 0) is 4.79 Å². The zero-order valence-corrected chi connectivity index (χ0v) is 12.6. The number of carbonyl (C=O) groups is 2. The average molecular weight is 290 g/mol. The minimum atomic E-state index is -0.328. The van der Waals surface area contributed by atoms with Gasteiger partial charge in [-0.25, -0.2) is 0 Å². The van der Waals surface area contributed by atoms with Crippen LogP contribution in [0.1, 0.15) is 54.0 Å². The normalized spacial score (nSPS) is 26.9. The third kappa shape index (κ3) is 2.96. The molecule has 1 heterocycles. The monoisotopic (exact) mass is 290 g/mol. The van der Waals surface area contributed by atoms with Crippen LogP contribution in [0.3, 0.4) is 0 Å². The number of hydrogen-bond donors (Lipinski definition) is 2. The van der Waals surface area contributed by atoms with Crippen molar-refractivity contribution in [2.45, 2.75) is 46.0 Å². The summed E-state index contributed by atoms with van der Waals surface area (Å²) in [5.74, 6) is 2.87. The van der Waals surface area contributed by atoms with Gasteiger partial charge in [-0.3, -0.25) is 20.4 Å². The van der Waals surface area contributed by atoms with Crippen LogP contribution in [0.5, 0.6) is 0 Å². The van der Waals surface area contributed by atoms with Crippen molar-refractivity contribution in [3.8, 4) is 0 Å². The van der Waals surface area contributed by atoms with Gasteiger partial charge >= 0.3 is 0 Å². The smallest absolute Gasteiger partial charge is 0.273 e. The van der Waals surface area contributed by atoms with Gasteiger partial charge in [0.2, 0.25) is 5.91 Å². The molecule has 0 saturated heterocycles. The highest BCUT2D eigenvalue weighted by Gasteiger charge is 2.40. The van der Waals surface area contributed by atoms with Crippen molar-refractivity contribution in [2.24, 2.45) is 17.8 Å². The van der Waals surface area contributed by atoms with Crippen LogP contribution < -0.4 is 10.9 Å². The molecule has 1 aromatic rings. The average Bonchev–Trinajstić information content (AvgIpc) is 3.11. The highest BCUT2D eigenvalue weighted by Crippen LogP contribution is 2.49. The SMILES string of the molecule is Cc1cc(C(=O)NNC(=O)C[C@H]2C[C@H]3CC[C@@H]2C3)c(C)o1. The van der Waals surface area contributed by atoms with Crippen molar-refractivity contribution in [1.82, 2.24) is 10.9 Å². The maximum absolute atomic E-state index is 12.0. The molecular weight excluding hydrogens is 268 g/mol. The predicted molar refractivity (Wildman–Crippen MR) is 77.3 cm³/mol. The molecule has 3 atom stereocenters. The second kappa shape index (κ2) is 5.54. The Morgan fingerprint density at radius 2 is 2.05 bits per heavy atom. The molecular formula is C16H22N2O3. The molecule has 5 heteroatoms. The Morgan fingerprint density at radius 3 is 2.62 bits per heavy atom. The van der Waals surface area contributed by atoms with E-state index in [0.29, 0.717) is 29.4 Å². The summed E-state index contributed by atoms with van der Waals surface area (Å²) in [5.41, 5.74) is 5.46. The summed E-state index contributed by atoms with van der Waals surface area (Å²) in [6.45, 7) is 3.52. The second-order valence-electron chi connectivity index (χ2n) is 6.47. The quantitative estimate of drug-likeness (QED) is 0.840. The van der Waals surface area contributed by atoms with Crippen molar-refractivity contribution in [3.63, 3.8) is 0 Å². The maximum atomic E-state index is 12.0. The first-order valence-electron chi connectivity index (χ1n) is 7.69. The summed E-state index contributed by atoms with van der Waals surface area (Å²) in [4.78, 5) is 23.9. The molecule has 0 aromatic carbocycles. The van der Waals surface area contributed by atoms with Gasteiger partial charge in [0.25, 0.3) is 5.91 Å². The number of aryl methyl sites for hydroxylation is 2. The Kier molecular flexibility index (Phi) is 3.74. The van der Waals surface area contributed by atoms with Crippen molar-refractivity contribution < 1.29 is 14.0 Å². The number of carbonyl (C=O) groups excluding carboxylic acids is 2. The van der Waals surface area contributed by atoms with Crippen LogP contribution in [0.15, 0.2) is 10.5 Å². The molecule has 2 saturated carbocycles. The van der Waals surface area contributed by atoms with E-state index in [1.165, 1.54) is 25.7 Å². The van der Waals surface area contributed by atoms with Gasteiger partial charge < -0.3 is 4.42 Å². The molecule has 2 bridgehead atoms. The van der Waals surface area contributed by atoms with Gasteiger partial charge in [-0.05, 0) is 56.9 Å². The lowest BCUT2D eigenvalue weighted by molar-refractivity contribution is -0.123. The van der Waals surface area contributed by atoms with Gasteiger partial charge in [0.15, 0.2) is 0 Å². The number of rotatable bonds is 3. The number of hydrogen-bond acceptors (Lipinski definition) is 3. The summed E-state index contributed by atoms with van der Waals surface area (Å²) in [7, 11) is 0. The van der Waals surface area contributed by atoms with E-state index in [9.17, 15) is 9.59 Å². The van der Waals surface area contributed by atoms with Crippen molar-refractivity contribution in [1.29, 1.82) is 0 Å². The molecule has 0 radical (unpaired) electrons. The van der Waals surface area contributed by atoms with Gasteiger partial charge in [-0.15, -0.1) is 0 Å². The third-order valence-electron chi connectivity index (χ3n) is 4.93. The fourth-order valence-corrected chi connectivity index (χ4v) is 3.97. The topological polar surface area (TPSA) is 71.3 Å². The Hall–Kier alpha value is -1.78. The van der Waals surface area contributed by atoms with E-state index in [2.05, 4.69) is 10.9 Å².